The minimum atomic E-state index is -1.85. The van der Waals surface area contributed by atoms with Gasteiger partial charge in [0.2, 0.25) is 0 Å². The van der Waals surface area contributed by atoms with Crippen molar-refractivity contribution in [2.75, 3.05) is 0 Å². The van der Waals surface area contributed by atoms with Gasteiger partial charge in [-0.25, -0.2) is 0 Å². The Morgan fingerprint density at radius 3 is 2.17 bits per heavy atom. The van der Waals surface area contributed by atoms with E-state index < -0.39 is 8.07 Å². The number of rotatable bonds is 7. The molecular weight excluding hydrogens is 767 g/mol. The molecule has 7 rings (SSSR count). The van der Waals surface area contributed by atoms with Gasteiger partial charge in [0.05, 0.1) is 0 Å². The molecule has 4 aromatic carbocycles. The van der Waals surface area contributed by atoms with Crippen LogP contribution >= 0.6 is 0 Å². The second-order valence-corrected chi connectivity index (χ2v) is 17.1. The monoisotopic (exact) mass is 808 g/mol. The third-order valence-corrected chi connectivity index (χ3v) is 12.3. The van der Waals surface area contributed by atoms with Gasteiger partial charge in [-0.3, -0.25) is 0 Å². The Bertz CT molecular complexity index is 2020. The quantitative estimate of drug-likeness (QED) is 0.119. The van der Waals surface area contributed by atoms with Crippen molar-refractivity contribution in [3.8, 4) is 22.5 Å². The number of para-hydroxylation sites is 1. The van der Waals surface area contributed by atoms with Gasteiger partial charge in [-0.1, -0.05) is 110 Å². The molecule has 47 heavy (non-hydrogen) atoms. The zero-order chi connectivity index (χ0) is 32.1. The molecule has 239 valence electrons. The van der Waals surface area contributed by atoms with E-state index in [2.05, 4.69) is 135 Å². The molecule has 0 aliphatic carbocycles. The van der Waals surface area contributed by atoms with Gasteiger partial charge < -0.3 is 14.5 Å². The fraction of sp³-hybridized carbons (Fsp3) is 0.190. The third kappa shape index (κ3) is 7.39. The summed E-state index contributed by atoms with van der Waals surface area (Å²) in [5.74, 6) is 0.587. The average Bonchev–Trinajstić information content (AvgIpc) is 3.42. The van der Waals surface area contributed by atoms with Gasteiger partial charge in [0.15, 0.2) is 0 Å². The number of hydrogen-bond acceptors (Lipinski definition) is 2. The first-order chi connectivity index (χ1) is 22.4. The molecule has 0 spiro atoms. The Labute approximate surface area is 294 Å². The Morgan fingerprint density at radius 1 is 0.723 bits per heavy atom. The predicted octanol–water partition coefficient (Wildman–Crippen LogP) is 9.24. The molecule has 0 fully saturated rings. The summed E-state index contributed by atoms with van der Waals surface area (Å²) < 4.78 is 2.37. The first-order valence-electron chi connectivity index (χ1n) is 16.2. The summed E-state index contributed by atoms with van der Waals surface area (Å²) in [6.07, 6.45) is 5.02. The van der Waals surface area contributed by atoms with E-state index in [0.717, 1.165) is 35.5 Å². The fourth-order valence-corrected chi connectivity index (χ4v) is 9.08. The number of hydrogen-bond donors (Lipinski definition) is 0. The SMILES string of the molecule is CCn1c2c[c-]c(-c3cc(CC(C)C)c([Si](C)(C)c4ccccc4)cn3)cc2c2ccccc21.[Ir].[c-]1ccccc1-c1ccccn1. The number of aryl methyl sites for hydroxylation is 1. The zero-order valence-electron chi connectivity index (χ0n) is 27.8. The van der Waals surface area contributed by atoms with Crippen molar-refractivity contribution >= 4 is 40.3 Å². The van der Waals surface area contributed by atoms with E-state index in [1.807, 2.05) is 42.5 Å². The first-order valence-corrected chi connectivity index (χ1v) is 19.2. The van der Waals surface area contributed by atoms with Crippen LogP contribution in [0.15, 0.2) is 128 Å². The van der Waals surface area contributed by atoms with Crippen molar-refractivity contribution in [3.63, 3.8) is 0 Å². The number of fused-ring (bicyclic) bond motifs is 3. The van der Waals surface area contributed by atoms with Crippen molar-refractivity contribution in [2.24, 2.45) is 5.92 Å². The van der Waals surface area contributed by atoms with Crippen LogP contribution in [0.5, 0.6) is 0 Å². The van der Waals surface area contributed by atoms with Crippen molar-refractivity contribution in [3.05, 3.63) is 145 Å². The maximum absolute atomic E-state index is 5.02. The molecule has 0 aliphatic rings. The topological polar surface area (TPSA) is 30.7 Å². The van der Waals surface area contributed by atoms with E-state index in [0.29, 0.717) is 5.92 Å². The normalized spacial score (nSPS) is 11.3. The van der Waals surface area contributed by atoms with E-state index in [1.165, 1.54) is 37.7 Å². The van der Waals surface area contributed by atoms with Crippen LogP contribution in [0.4, 0.5) is 0 Å². The number of pyridine rings is 2. The molecule has 3 nitrogen and oxygen atoms in total. The van der Waals surface area contributed by atoms with Crippen molar-refractivity contribution in [1.29, 1.82) is 0 Å². The van der Waals surface area contributed by atoms with Crippen LogP contribution in [0.2, 0.25) is 13.1 Å². The molecule has 0 saturated heterocycles. The third-order valence-electron chi connectivity index (χ3n) is 8.73. The minimum Gasteiger partial charge on any atom is -0.381 e. The van der Waals surface area contributed by atoms with E-state index in [9.17, 15) is 0 Å². The van der Waals surface area contributed by atoms with Gasteiger partial charge in [-0.05, 0) is 58.9 Å². The molecule has 0 aliphatic heterocycles. The number of aromatic nitrogens is 3. The van der Waals surface area contributed by atoms with Crippen molar-refractivity contribution in [2.45, 2.75) is 46.8 Å². The second kappa shape index (κ2) is 15.2. The summed E-state index contributed by atoms with van der Waals surface area (Å²) in [7, 11) is -1.85. The van der Waals surface area contributed by atoms with Gasteiger partial charge in [0.25, 0.3) is 0 Å². The molecule has 0 saturated carbocycles. The van der Waals surface area contributed by atoms with E-state index in [4.69, 9.17) is 4.98 Å². The number of nitrogens with zero attached hydrogens (tertiary/aromatic N) is 3. The molecule has 0 atom stereocenters. The standard InChI is InChI=1S/C31H33N2Si.C11H8N.Ir/c1-6-33-29-15-11-10-14-26(29)27-19-23(16-17-30(27)33)28-20-24(18-22(2)3)31(21-32-28)34(4,5)25-12-8-7-9-13-25;1-2-6-10(7-3-1)11-8-4-5-9-12-11;/h7-15,17,19-22H,6,18H2,1-5H3;1-6,8-9H;/q2*-1;. The largest absolute Gasteiger partial charge is 0.381 e. The summed E-state index contributed by atoms with van der Waals surface area (Å²) in [6.45, 7) is 12.7. The Hall–Kier alpha value is -4.15. The van der Waals surface area contributed by atoms with Crippen LogP contribution in [0, 0.1) is 18.1 Å². The second-order valence-electron chi connectivity index (χ2n) is 12.7. The summed E-state index contributed by atoms with van der Waals surface area (Å²) in [4.78, 5) is 9.24. The van der Waals surface area contributed by atoms with Crippen LogP contribution in [0.1, 0.15) is 26.3 Å². The van der Waals surface area contributed by atoms with Crippen molar-refractivity contribution < 1.29 is 20.1 Å². The minimum absolute atomic E-state index is 0. The maximum atomic E-state index is 5.02. The Kier molecular flexibility index (Phi) is 11.0. The Balaban J connectivity index is 0.000000280. The van der Waals surface area contributed by atoms with Crippen LogP contribution in [-0.4, -0.2) is 22.6 Å². The molecule has 5 heteroatoms. The summed E-state index contributed by atoms with van der Waals surface area (Å²) in [5, 5.41) is 5.47. The number of benzene rings is 4. The zero-order valence-corrected chi connectivity index (χ0v) is 31.2. The van der Waals surface area contributed by atoms with Gasteiger partial charge in [0, 0.05) is 44.6 Å². The van der Waals surface area contributed by atoms with E-state index in [-0.39, 0.29) is 20.1 Å². The van der Waals surface area contributed by atoms with E-state index >= 15 is 0 Å². The van der Waals surface area contributed by atoms with Crippen LogP contribution in [0.25, 0.3) is 44.3 Å². The average molecular weight is 808 g/mol. The molecule has 3 aromatic heterocycles. The molecule has 7 aromatic rings. The molecular formula is C42H41IrN3Si-2. The molecule has 0 amide bonds. The maximum Gasteiger partial charge on any atom is 0.114 e. The molecule has 0 bridgehead atoms. The fourth-order valence-electron chi connectivity index (χ4n) is 6.38. The molecule has 0 unspecified atom stereocenters. The first kappa shape index (κ1) is 34.2. The van der Waals surface area contributed by atoms with Gasteiger partial charge in [-0.15, -0.1) is 59.7 Å². The van der Waals surface area contributed by atoms with Crippen LogP contribution in [-0.2, 0) is 33.1 Å². The smallest absolute Gasteiger partial charge is 0.114 e. The molecule has 0 N–H and O–H groups in total. The van der Waals surface area contributed by atoms with Crippen molar-refractivity contribution in [1.82, 2.24) is 14.5 Å². The summed E-state index contributed by atoms with van der Waals surface area (Å²) >= 11 is 0. The summed E-state index contributed by atoms with van der Waals surface area (Å²) in [6, 6.07) is 46.8. The van der Waals surface area contributed by atoms with Gasteiger partial charge >= 0.3 is 0 Å². The molecule has 1 radical (unpaired) electrons. The van der Waals surface area contributed by atoms with Crippen LogP contribution < -0.4 is 10.4 Å². The summed E-state index contributed by atoms with van der Waals surface area (Å²) in [5.41, 5.74) is 8.06. The van der Waals surface area contributed by atoms with E-state index in [1.54, 1.807) is 6.20 Å². The molecule has 3 heterocycles. The predicted molar refractivity (Wildman–Crippen MR) is 197 cm³/mol. The van der Waals surface area contributed by atoms with Gasteiger partial charge in [-0.2, -0.15) is 0 Å². The van der Waals surface area contributed by atoms with Gasteiger partial charge in [0.1, 0.15) is 8.07 Å². The Morgan fingerprint density at radius 2 is 1.47 bits per heavy atom. The van der Waals surface area contributed by atoms with Crippen LogP contribution in [0.3, 0.4) is 0 Å².